The molecule has 9 nitrogen and oxygen atoms in total. The van der Waals surface area contributed by atoms with E-state index in [0.717, 1.165) is 49.2 Å². The number of nitrogens with zero attached hydrogens (tertiary/aromatic N) is 1. The molecule has 2 aliphatic heterocycles. The van der Waals surface area contributed by atoms with Crippen molar-refractivity contribution in [2.75, 3.05) is 36.0 Å². The lowest BCUT2D eigenvalue weighted by molar-refractivity contribution is -0.253. The van der Waals surface area contributed by atoms with Crippen molar-refractivity contribution in [1.29, 1.82) is 0 Å². The average molecular weight is 643 g/mol. The standard InChI is InChI=1S/C38H50N4O5/c39-33-14-7-8-15-34(33)41-37(45)17-6-4-5-16-36(44)40-31-13-11-12-30(24-31)38-46-32(26-42-22-9-2-1-3-10-23-42)25-35(47-38)29-20-18-28(27-43)19-21-29/h7-8,11-15,18-21,24,32,35,38,43H,1-6,9-10,16-17,22-23,25-27,39H2,(H,40,44)(H,41,45)/t32-,35+,38+/m0/s1. The van der Waals surface area contributed by atoms with E-state index >= 15 is 0 Å². The van der Waals surface area contributed by atoms with Crippen LogP contribution >= 0.6 is 0 Å². The van der Waals surface area contributed by atoms with E-state index in [4.69, 9.17) is 15.2 Å². The summed E-state index contributed by atoms with van der Waals surface area (Å²) in [5, 5.41) is 15.4. The molecule has 252 valence electrons. The Labute approximate surface area is 278 Å². The molecular formula is C38H50N4O5. The maximum atomic E-state index is 12.8. The zero-order chi connectivity index (χ0) is 32.8. The van der Waals surface area contributed by atoms with Crippen LogP contribution in [0, 0.1) is 0 Å². The predicted molar refractivity (Wildman–Crippen MR) is 186 cm³/mol. The van der Waals surface area contributed by atoms with E-state index in [-0.39, 0.29) is 30.6 Å². The molecule has 2 aliphatic rings. The Morgan fingerprint density at radius 3 is 2.21 bits per heavy atom. The topological polar surface area (TPSA) is 126 Å². The van der Waals surface area contributed by atoms with Crippen molar-refractivity contribution < 1.29 is 24.2 Å². The second kappa shape index (κ2) is 18.0. The maximum absolute atomic E-state index is 12.8. The van der Waals surface area contributed by atoms with Crippen molar-refractivity contribution in [3.8, 4) is 0 Å². The largest absolute Gasteiger partial charge is 0.397 e. The summed E-state index contributed by atoms with van der Waals surface area (Å²) in [6.45, 7) is 3.07. The van der Waals surface area contributed by atoms with Gasteiger partial charge in [0.05, 0.1) is 30.2 Å². The van der Waals surface area contributed by atoms with Crippen LogP contribution in [0.1, 0.15) is 99.7 Å². The minimum Gasteiger partial charge on any atom is -0.397 e. The van der Waals surface area contributed by atoms with Gasteiger partial charge in [-0.3, -0.25) is 9.59 Å². The molecule has 5 rings (SSSR count). The van der Waals surface area contributed by atoms with Crippen LogP contribution < -0.4 is 16.4 Å². The van der Waals surface area contributed by atoms with Gasteiger partial charge in [0, 0.05) is 37.1 Å². The van der Waals surface area contributed by atoms with Crippen molar-refractivity contribution in [2.24, 2.45) is 0 Å². The van der Waals surface area contributed by atoms with Crippen LogP contribution in [-0.2, 0) is 25.7 Å². The summed E-state index contributed by atoms with van der Waals surface area (Å²) in [5.41, 5.74) is 10.6. The molecule has 2 heterocycles. The van der Waals surface area contributed by atoms with Gasteiger partial charge >= 0.3 is 0 Å². The minimum atomic E-state index is -0.569. The molecule has 2 amide bonds. The molecule has 5 N–H and O–H groups in total. The molecular weight excluding hydrogens is 592 g/mol. The highest BCUT2D eigenvalue weighted by molar-refractivity contribution is 5.93. The number of rotatable bonds is 13. The Morgan fingerprint density at radius 2 is 1.49 bits per heavy atom. The van der Waals surface area contributed by atoms with Gasteiger partial charge in [-0.25, -0.2) is 0 Å². The average Bonchev–Trinajstić information content (AvgIpc) is 3.07. The molecule has 0 aliphatic carbocycles. The number of hydrogen-bond donors (Lipinski definition) is 4. The van der Waals surface area contributed by atoms with Gasteiger partial charge in [-0.05, 0) is 74.2 Å². The van der Waals surface area contributed by atoms with Crippen molar-refractivity contribution in [1.82, 2.24) is 4.90 Å². The number of carbonyl (C=O) groups excluding carboxylic acids is 2. The number of anilines is 3. The lowest BCUT2D eigenvalue weighted by Gasteiger charge is -2.39. The molecule has 0 saturated carbocycles. The highest BCUT2D eigenvalue weighted by atomic mass is 16.7. The molecule has 2 saturated heterocycles. The zero-order valence-electron chi connectivity index (χ0n) is 27.4. The van der Waals surface area contributed by atoms with Gasteiger partial charge in [0.15, 0.2) is 6.29 Å². The molecule has 0 unspecified atom stereocenters. The quantitative estimate of drug-likeness (QED) is 0.116. The second-order valence-electron chi connectivity index (χ2n) is 12.8. The number of carbonyl (C=O) groups is 2. The van der Waals surface area contributed by atoms with Gasteiger partial charge in [0.2, 0.25) is 11.8 Å². The molecule has 2 fully saturated rings. The van der Waals surface area contributed by atoms with Crippen molar-refractivity contribution >= 4 is 28.9 Å². The Bertz CT molecular complexity index is 1420. The van der Waals surface area contributed by atoms with Crippen LogP contribution in [-0.4, -0.2) is 47.6 Å². The number of ether oxygens (including phenoxy) is 2. The summed E-state index contributed by atoms with van der Waals surface area (Å²) in [6.07, 6.45) is 9.29. The third-order valence-corrected chi connectivity index (χ3v) is 9.01. The van der Waals surface area contributed by atoms with Crippen LogP contribution in [0.2, 0.25) is 0 Å². The first-order chi connectivity index (χ1) is 23.0. The van der Waals surface area contributed by atoms with Crippen LogP contribution in [0.15, 0.2) is 72.8 Å². The Kier molecular flexibility index (Phi) is 13.2. The number of nitrogens with two attached hydrogens (primary N) is 1. The van der Waals surface area contributed by atoms with Crippen LogP contribution in [0.3, 0.4) is 0 Å². The van der Waals surface area contributed by atoms with Crippen molar-refractivity contribution in [3.05, 3.63) is 89.5 Å². The zero-order valence-corrected chi connectivity index (χ0v) is 27.4. The molecule has 3 aromatic rings. The molecule has 0 spiro atoms. The van der Waals surface area contributed by atoms with E-state index in [1.165, 1.54) is 32.1 Å². The number of benzene rings is 3. The van der Waals surface area contributed by atoms with Crippen molar-refractivity contribution in [2.45, 2.75) is 95.7 Å². The SMILES string of the molecule is Nc1ccccc1NC(=O)CCCCCC(=O)Nc1cccc([C@@H]2O[C@H](CN3CCCCCCC3)C[C@H](c3ccc(CO)cc3)O2)c1. The number of unbranched alkanes of at least 4 members (excludes halogenated alkanes) is 2. The first kappa shape index (κ1) is 34.6. The Morgan fingerprint density at radius 1 is 0.787 bits per heavy atom. The first-order valence-electron chi connectivity index (χ1n) is 17.2. The molecule has 3 atom stereocenters. The van der Waals surface area contributed by atoms with Crippen LogP contribution in [0.25, 0.3) is 0 Å². The molecule has 0 radical (unpaired) electrons. The number of hydrogen-bond acceptors (Lipinski definition) is 7. The van der Waals surface area contributed by atoms with Gasteiger partial charge in [-0.2, -0.15) is 0 Å². The summed E-state index contributed by atoms with van der Waals surface area (Å²) in [6, 6.07) is 22.9. The van der Waals surface area contributed by atoms with E-state index in [1.54, 1.807) is 12.1 Å². The molecule has 0 aromatic heterocycles. The predicted octanol–water partition coefficient (Wildman–Crippen LogP) is 7.10. The van der Waals surface area contributed by atoms with E-state index in [0.29, 0.717) is 42.7 Å². The molecule has 47 heavy (non-hydrogen) atoms. The Balaban J connectivity index is 1.14. The summed E-state index contributed by atoms with van der Waals surface area (Å²) >= 11 is 0. The van der Waals surface area contributed by atoms with E-state index in [2.05, 4.69) is 15.5 Å². The fraction of sp³-hybridized carbons (Fsp3) is 0.474. The molecule has 3 aromatic carbocycles. The number of likely N-dealkylation sites (tertiary alicyclic amines) is 1. The number of nitrogens with one attached hydrogen (secondary N) is 2. The number of nitrogen functional groups attached to an aromatic ring is 1. The lowest BCUT2D eigenvalue weighted by Crippen LogP contribution is -2.40. The smallest absolute Gasteiger partial charge is 0.224 e. The van der Waals surface area contributed by atoms with E-state index < -0.39 is 6.29 Å². The van der Waals surface area contributed by atoms with Gasteiger partial charge in [0.25, 0.3) is 0 Å². The summed E-state index contributed by atoms with van der Waals surface area (Å²) in [4.78, 5) is 27.6. The van der Waals surface area contributed by atoms with Crippen molar-refractivity contribution in [3.63, 3.8) is 0 Å². The molecule has 0 bridgehead atoms. The number of para-hydroxylation sites is 2. The van der Waals surface area contributed by atoms with Crippen LogP contribution in [0.5, 0.6) is 0 Å². The summed E-state index contributed by atoms with van der Waals surface area (Å²) in [5.74, 6) is -0.143. The Hall–Kier alpha value is -3.76. The summed E-state index contributed by atoms with van der Waals surface area (Å²) in [7, 11) is 0. The van der Waals surface area contributed by atoms with Gasteiger partial charge in [-0.1, -0.05) is 74.2 Å². The summed E-state index contributed by atoms with van der Waals surface area (Å²) < 4.78 is 13.2. The molecule has 9 heteroatoms. The van der Waals surface area contributed by atoms with E-state index in [1.807, 2.05) is 60.7 Å². The first-order valence-corrected chi connectivity index (χ1v) is 17.2. The second-order valence-corrected chi connectivity index (χ2v) is 12.8. The minimum absolute atomic E-state index is 0.000994. The third kappa shape index (κ3) is 10.9. The monoisotopic (exact) mass is 642 g/mol. The highest BCUT2D eigenvalue weighted by Gasteiger charge is 2.33. The maximum Gasteiger partial charge on any atom is 0.224 e. The fourth-order valence-electron chi connectivity index (χ4n) is 6.37. The van der Waals surface area contributed by atoms with Gasteiger partial charge in [0.1, 0.15) is 0 Å². The van der Waals surface area contributed by atoms with E-state index in [9.17, 15) is 14.7 Å². The number of aliphatic hydroxyl groups excluding tert-OH is 1. The fourth-order valence-corrected chi connectivity index (χ4v) is 6.37. The normalized spacial score (nSPS) is 20.6. The third-order valence-electron chi connectivity index (χ3n) is 9.01. The van der Waals surface area contributed by atoms with Gasteiger partial charge in [-0.15, -0.1) is 0 Å². The lowest BCUT2D eigenvalue weighted by atomic mass is 9.99. The number of amides is 2. The van der Waals surface area contributed by atoms with Crippen LogP contribution in [0.4, 0.5) is 17.1 Å². The highest BCUT2D eigenvalue weighted by Crippen LogP contribution is 2.39. The number of aliphatic hydroxyl groups is 1. The van der Waals surface area contributed by atoms with Gasteiger partial charge < -0.3 is 35.8 Å².